The Labute approximate surface area is 175 Å². The van der Waals surface area contributed by atoms with Crippen LogP contribution in [0.15, 0.2) is 64.7 Å². The summed E-state index contributed by atoms with van der Waals surface area (Å²) in [4.78, 5) is 24.3. The molecule has 1 atom stereocenters. The number of aryl methyl sites for hydroxylation is 1. The number of hydrogen-bond donors (Lipinski definition) is 2. The molecule has 2 amide bonds. The SMILES string of the molecule is CCOC(=O)C1=C(C)NC(=O)N[C@@H]1c1ccc(OS(=O)(=O)c2ccc(C)cc2)cc1. The molecule has 30 heavy (non-hydrogen) atoms. The summed E-state index contributed by atoms with van der Waals surface area (Å²) in [5.41, 5.74) is 2.18. The zero-order valence-corrected chi connectivity index (χ0v) is 17.6. The van der Waals surface area contributed by atoms with E-state index < -0.39 is 28.2 Å². The summed E-state index contributed by atoms with van der Waals surface area (Å²) in [7, 11) is -3.98. The minimum Gasteiger partial charge on any atom is -0.463 e. The molecule has 0 saturated carbocycles. The number of carbonyl (C=O) groups excluding carboxylic acids is 2. The molecule has 0 aromatic heterocycles. The largest absolute Gasteiger partial charge is 0.463 e. The molecule has 0 saturated heterocycles. The molecule has 1 aliphatic heterocycles. The van der Waals surface area contributed by atoms with E-state index in [2.05, 4.69) is 10.6 Å². The van der Waals surface area contributed by atoms with Crippen molar-refractivity contribution in [1.29, 1.82) is 0 Å². The Morgan fingerprint density at radius 2 is 1.67 bits per heavy atom. The van der Waals surface area contributed by atoms with Crippen molar-refractivity contribution in [2.45, 2.75) is 31.7 Å². The van der Waals surface area contributed by atoms with E-state index >= 15 is 0 Å². The van der Waals surface area contributed by atoms with E-state index in [9.17, 15) is 18.0 Å². The molecule has 0 spiro atoms. The van der Waals surface area contributed by atoms with Crippen molar-refractivity contribution in [1.82, 2.24) is 10.6 Å². The highest BCUT2D eigenvalue weighted by atomic mass is 32.2. The van der Waals surface area contributed by atoms with Gasteiger partial charge in [-0.1, -0.05) is 29.8 Å². The zero-order valence-electron chi connectivity index (χ0n) is 16.8. The molecule has 1 heterocycles. The van der Waals surface area contributed by atoms with Gasteiger partial charge in [0.15, 0.2) is 0 Å². The second kappa shape index (κ2) is 8.58. The van der Waals surface area contributed by atoms with Crippen LogP contribution in [0, 0.1) is 6.92 Å². The Kier molecular flexibility index (Phi) is 6.12. The van der Waals surface area contributed by atoms with Gasteiger partial charge in [0.25, 0.3) is 0 Å². The molecule has 2 aromatic rings. The number of allylic oxidation sites excluding steroid dienone is 1. The van der Waals surface area contributed by atoms with Gasteiger partial charge < -0.3 is 19.6 Å². The number of nitrogens with one attached hydrogen (secondary N) is 2. The Balaban J connectivity index is 1.85. The summed E-state index contributed by atoms with van der Waals surface area (Å²) in [6.45, 7) is 5.36. The van der Waals surface area contributed by atoms with E-state index in [1.165, 1.54) is 24.3 Å². The summed E-state index contributed by atoms with van der Waals surface area (Å²) in [5.74, 6) is -0.437. The Hall–Kier alpha value is -3.33. The number of urea groups is 1. The second-order valence-corrected chi connectivity index (χ2v) is 8.26. The molecule has 0 aliphatic carbocycles. The van der Waals surface area contributed by atoms with Crippen LogP contribution in [0.2, 0.25) is 0 Å². The minimum atomic E-state index is -3.98. The molecule has 2 aromatic carbocycles. The number of carbonyl (C=O) groups is 2. The van der Waals surface area contributed by atoms with E-state index in [4.69, 9.17) is 8.92 Å². The first-order valence-corrected chi connectivity index (χ1v) is 10.7. The summed E-state index contributed by atoms with van der Waals surface area (Å²) in [6.07, 6.45) is 0. The van der Waals surface area contributed by atoms with E-state index in [1.54, 1.807) is 38.1 Å². The van der Waals surface area contributed by atoms with Gasteiger partial charge in [0, 0.05) is 5.70 Å². The predicted molar refractivity (Wildman–Crippen MR) is 109 cm³/mol. The number of hydrogen-bond acceptors (Lipinski definition) is 6. The van der Waals surface area contributed by atoms with Crippen LogP contribution in [-0.4, -0.2) is 27.0 Å². The molecule has 9 heteroatoms. The fraction of sp³-hybridized carbons (Fsp3) is 0.238. The number of esters is 1. The van der Waals surface area contributed by atoms with Crippen LogP contribution < -0.4 is 14.8 Å². The molecule has 158 valence electrons. The third-order valence-electron chi connectivity index (χ3n) is 4.49. The second-order valence-electron chi connectivity index (χ2n) is 6.71. The highest BCUT2D eigenvalue weighted by Crippen LogP contribution is 2.29. The van der Waals surface area contributed by atoms with Gasteiger partial charge in [-0.2, -0.15) is 8.42 Å². The molecule has 0 bridgehead atoms. The molecule has 3 rings (SSSR count). The van der Waals surface area contributed by atoms with Crippen LogP contribution in [0.1, 0.15) is 31.0 Å². The summed E-state index contributed by atoms with van der Waals surface area (Å²) in [6, 6.07) is 11.2. The highest BCUT2D eigenvalue weighted by Gasteiger charge is 2.32. The number of rotatable bonds is 6. The van der Waals surface area contributed by atoms with E-state index in [-0.39, 0.29) is 22.8 Å². The van der Waals surface area contributed by atoms with Crippen molar-refractivity contribution >= 4 is 22.1 Å². The Morgan fingerprint density at radius 1 is 1.03 bits per heavy atom. The fourth-order valence-corrected chi connectivity index (χ4v) is 3.95. The lowest BCUT2D eigenvalue weighted by Gasteiger charge is -2.28. The molecule has 0 unspecified atom stereocenters. The zero-order chi connectivity index (χ0) is 21.9. The molecular formula is C21H22N2O6S. The van der Waals surface area contributed by atoms with Gasteiger partial charge in [-0.3, -0.25) is 0 Å². The van der Waals surface area contributed by atoms with Crippen LogP contribution in [0.25, 0.3) is 0 Å². The van der Waals surface area contributed by atoms with Crippen molar-refractivity contribution in [3.8, 4) is 5.75 Å². The monoisotopic (exact) mass is 430 g/mol. The number of ether oxygens (including phenoxy) is 1. The summed E-state index contributed by atoms with van der Waals surface area (Å²) in [5, 5.41) is 5.24. The van der Waals surface area contributed by atoms with Gasteiger partial charge in [-0.05, 0) is 50.6 Å². The van der Waals surface area contributed by atoms with Gasteiger partial charge in [0.05, 0.1) is 18.2 Å². The smallest absolute Gasteiger partial charge is 0.339 e. The number of amides is 2. The maximum absolute atomic E-state index is 12.4. The maximum atomic E-state index is 12.4. The van der Waals surface area contributed by atoms with Crippen LogP contribution in [0.3, 0.4) is 0 Å². The minimum absolute atomic E-state index is 0.0472. The molecule has 1 aliphatic rings. The van der Waals surface area contributed by atoms with E-state index in [1.807, 2.05) is 6.92 Å². The van der Waals surface area contributed by atoms with Crippen molar-refractivity contribution < 1.29 is 26.9 Å². The van der Waals surface area contributed by atoms with Crippen molar-refractivity contribution in [2.75, 3.05) is 6.61 Å². The molecule has 0 fully saturated rings. The lowest BCUT2D eigenvalue weighted by Crippen LogP contribution is -2.45. The molecular weight excluding hydrogens is 408 g/mol. The van der Waals surface area contributed by atoms with Gasteiger partial charge in [-0.25, -0.2) is 9.59 Å². The maximum Gasteiger partial charge on any atom is 0.339 e. The third kappa shape index (κ3) is 4.62. The van der Waals surface area contributed by atoms with E-state index in [0.29, 0.717) is 11.3 Å². The quantitative estimate of drug-likeness (QED) is 0.538. The average molecular weight is 430 g/mol. The van der Waals surface area contributed by atoms with Crippen LogP contribution in [0.4, 0.5) is 4.79 Å². The predicted octanol–water partition coefficient (Wildman–Crippen LogP) is 2.95. The average Bonchev–Trinajstić information content (AvgIpc) is 2.68. The first kappa shape index (κ1) is 21.4. The van der Waals surface area contributed by atoms with Crippen LogP contribution >= 0.6 is 0 Å². The number of benzene rings is 2. The van der Waals surface area contributed by atoms with Crippen molar-refractivity contribution in [3.05, 3.63) is 70.9 Å². The summed E-state index contributed by atoms with van der Waals surface area (Å²) < 4.78 is 35.2. The normalized spacial score (nSPS) is 16.5. The standard InChI is InChI=1S/C21H22N2O6S/c1-4-28-20(24)18-14(3)22-21(25)23-19(18)15-7-9-16(10-8-15)29-30(26,27)17-11-5-13(2)6-12-17/h5-12,19H,4H2,1-3H3,(H2,22,23,25)/t19-/m1/s1. The molecule has 8 nitrogen and oxygen atoms in total. The molecule has 0 radical (unpaired) electrons. The van der Waals surface area contributed by atoms with Gasteiger partial charge in [-0.15, -0.1) is 0 Å². The molecule has 2 N–H and O–H groups in total. The third-order valence-corrected chi connectivity index (χ3v) is 5.75. The van der Waals surface area contributed by atoms with Crippen molar-refractivity contribution in [2.24, 2.45) is 0 Å². The van der Waals surface area contributed by atoms with Gasteiger partial charge in [0.1, 0.15) is 10.6 Å². The Bertz CT molecular complexity index is 1090. The fourth-order valence-electron chi connectivity index (χ4n) is 3.02. The first-order valence-electron chi connectivity index (χ1n) is 9.28. The van der Waals surface area contributed by atoms with Crippen LogP contribution in [-0.2, 0) is 19.6 Å². The lowest BCUT2D eigenvalue weighted by molar-refractivity contribution is -0.139. The van der Waals surface area contributed by atoms with Gasteiger partial charge >= 0.3 is 22.1 Å². The Morgan fingerprint density at radius 3 is 2.27 bits per heavy atom. The summed E-state index contributed by atoms with van der Waals surface area (Å²) >= 11 is 0. The topological polar surface area (TPSA) is 111 Å². The van der Waals surface area contributed by atoms with Crippen molar-refractivity contribution in [3.63, 3.8) is 0 Å². The van der Waals surface area contributed by atoms with Crippen LogP contribution in [0.5, 0.6) is 5.75 Å². The lowest BCUT2D eigenvalue weighted by atomic mass is 9.95. The van der Waals surface area contributed by atoms with E-state index in [0.717, 1.165) is 5.56 Å². The first-order chi connectivity index (χ1) is 14.2. The highest BCUT2D eigenvalue weighted by molar-refractivity contribution is 7.87. The van der Waals surface area contributed by atoms with Gasteiger partial charge in [0.2, 0.25) is 0 Å².